The van der Waals surface area contributed by atoms with E-state index in [9.17, 15) is 14.4 Å². The summed E-state index contributed by atoms with van der Waals surface area (Å²) in [4.78, 5) is 33.2. The molecule has 0 aromatic rings. The highest BCUT2D eigenvalue weighted by atomic mass is 16.4. The maximum absolute atomic E-state index is 11.5. The van der Waals surface area contributed by atoms with Gasteiger partial charge in [0.1, 0.15) is 6.04 Å². The average molecular weight is 275 g/mol. The molecule has 0 bridgehead atoms. The number of urea groups is 1. The van der Waals surface area contributed by atoms with Gasteiger partial charge in [-0.05, 0) is 20.8 Å². The van der Waals surface area contributed by atoms with E-state index in [0.717, 1.165) is 0 Å². The molecule has 0 radical (unpaired) electrons. The number of carboxylic acids is 1. The number of hydrogen-bond acceptors (Lipinski definition) is 4. The Bertz CT molecular complexity index is 332. The first-order chi connectivity index (χ1) is 8.73. The monoisotopic (exact) mass is 275 g/mol. The van der Waals surface area contributed by atoms with Gasteiger partial charge in [-0.3, -0.25) is 4.79 Å². The van der Waals surface area contributed by atoms with Crippen LogP contribution >= 0.6 is 0 Å². The molecule has 0 aliphatic carbocycles. The Hall–Kier alpha value is -1.83. The number of nitrogens with one attached hydrogen (secondary N) is 3. The van der Waals surface area contributed by atoms with Crippen LogP contribution in [-0.2, 0) is 9.59 Å². The highest BCUT2D eigenvalue weighted by molar-refractivity contribution is 5.86. The van der Waals surface area contributed by atoms with E-state index in [1.807, 2.05) is 0 Å². The normalized spacial score (nSPS) is 13.5. The van der Waals surface area contributed by atoms with Crippen LogP contribution in [-0.4, -0.2) is 52.9 Å². The summed E-state index contributed by atoms with van der Waals surface area (Å²) >= 11 is 0. The fraction of sp³-hybridized carbons (Fsp3) is 0.727. The second-order valence-corrected chi connectivity index (χ2v) is 4.43. The van der Waals surface area contributed by atoms with Gasteiger partial charge >= 0.3 is 12.0 Å². The summed E-state index contributed by atoms with van der Waals surface area (Å²) in [7, 11) is 0. The van der Waals surface area contributed by atoms with Crippen LogP contribution in [0.25, 0.3) is 0 Å². The molecule has 8 heteroatoms. The van der Waals surface area contributed by atoms with Gasteiger partial charge in [0.15, 0.2) is 6.10 Å². The van der Waals surface area contributed by atoms with Crippen molar-refractivity contribution in [2.24, 2.45) is 0 Å². The van der Waals surface area contributed by atoms with Gasteiger partial charge in [0.05, 0.1) is 0 Å². The van der Waals surface area contributed by atoms with Crippen LogP contribution in [0.15, 0.2) is 0 Å². The summed E-state index contributed by atoms with van der Waals surface area (Å²) in [5.41, 5.74) is 0. The molecule has 0 saturated carbocycles. The van der Waals surface area contributed by atoms with Crippen molar-refractivity contribution in [3.8, 4) is 0 Å². The molecule has 0 aromatic heterocycles. The van der Waals surface area contributed by atoms with Gasteiger partial charge in [-0.2, -0.15) is 0 Å². The Balaban J connectivity index is 3.91. The Kier molecular flexibility index (Phi) is 7.50. The smallest absolute Gasteiger partial charge is 0.332 e. The molecule has 2 atom stereocenters. The molecule has 0 heterocycles. The molecule has 0 aliphatic rings. The molecule has 0 saturated heterocycles. The second-order valence-electron chi connectivity index (χ2n) is 4.43. The number of aliphatic carboxylic acids is 1. The van der Waals surface area contributed by atoms with Gasteiger partial charge in [-0.15, -0.1) is 0 Å². The van der Waals surface area contributed by atoms with Crippen LogP contribution in [0, 0.1) is 0 Å². The quantitative estimate of drug-likeness (QED) is 0.408. The van der Waals surface area contributed by atoms with Crippen LogP contribution < -0.4 is 16.0 Å². The first-order valence-corrected chi connectivity index (χ1v) is 5.99. The highest BCUT2D eigenvalue weighted by Gasteiger charge is 2.17. The third-order valence-corrected chi connectivity index (χ3v) is 2.16. The van der Waals surface area contributed by atoms with Crippen molar-refractivity contribution in [1.82, 2.24) is 16.0 Å². The van der Waals surface area contributed by atoms with E-state index in [2.05, 4.69) is 16.0 Å². The zero-order valence-corrected chi connectivity index (χ0v) is 11.3. The van der Waals surface area contributed by atoms with Crippen LogP contribution in [0.3, 0.4) is 0 Å². The summed E-state index contributed by atoms with van der Waals surface area (Å²) in [6.07, 6.45) is -1.61. The molecular weight excluding hydrogens is 254 g/mol. The number of hydrogen-bond donors (Lipinski definition) is 5. The Morgan fingerprint density at radius 3 is 2.16 bits per heavy atom. The van der Waals surface area contributed by atoms with Crippen molar-refractivity contribution in [3.63, 3.8) is 0 Å². The summed E-state index contributed by atoms with van der Waals surface area (Å²) in [5, 5.41) is 24.8. The fourth-order valence-electron chi connectivity index (χ4n) is 1.17. The molecule has 0 rings (SSSR count). The van der Waals surface area contributed by atoms with Gasteiger partial charge < -0.3 is 26.2 Å². The van der Waals surface area contributed by atoms with Crippen LogP contribution in [0.2, 0.25) is 0 Å². The van der Waals surface area contributed by atoms with E-state index in [4.69, 9.17) is 10.2 Å². The molecule has 8 nitrogen and oxygen atoms in total. The number of aliphatic hydroxyl groups is 1. The SMILES string of the molecule is CC(C)NC(=O)C(C)NC(=O)NCC[C@H](O)C(=O)O. The standard InChI is InChI=1S/C11H21N3O5/c1-6(2)13-9(16)7(3)14-11(19)12-5-4-8(15)10(17)18/h6-8,15H,4-5H2,1-3H3,(H,13,16)(H,17,18)(H2,12,14,19)/t7?,8-/m0/s1. The van der Waals surface area contributed by atoms with Gasteiger partial charge in [0, 0.05) is 19.0 Å². The van der Waals surface area contributed by atoms with Crippen LogP contribution in [0.5, 0.6) is 0 Å². The minimum Gasteiger partial charge on any atom is -0.479 e. The van der Waals surface area contributed by atoms with E-state index in [0.29, 0.717) is 0 Å². The zero-order valence-electron chi connectivity index (χ0n) is 11.3. The number of carboxylic acid groups (broad SMARTS) is 1. The molecule has 19 heavy (non-hydrogen) atoms. The lowest BCUT2D eigenvalue weighted by Crippen LogP contribution is -2.50. The van der Waals surface area contributed by atoms with Crippen LogP contribution in [0.4, 0.5) is 4.79 Å². The Morgan fingerprint density at radius 2 is 1.68 bits per heavy atom. The molecular formula is C11H21N3O5. The highest BCUT2D eigenvalue weighted by Crippen LogP contribution is 1.90. The Morgan fingerprint density at radius 1 is 1.11 bits per heavy atom. The van der Waals surface area contributed by atoms with E-state index in [-0.39, 0.29) is 24.9 Å². The third kappa shape index (κ3) is 7.98. The first kappa shape index (κ1) is 17.2. The minimum absolute atomic E-state index is 0.00216. The lowest BCUT2D eigenvalue weighted by atomic mass is 10.2. The lowest BCUT2D eigenvalue weighted by Gasteiger charge is -2.16. The molecule has 0 spiro atoms. The van der Waals surface area contributed by atoms with Crippen molar-refractivity contribution in [1.29, 1.82) is 0 Å². The summed E-state index contributed by atoms with van der Waals surface area (Å²) < 4.78 is 0. The van der Waals surface area contributed by atoms with Crippen molar-refractivity contribution in [2.75, 3.05) is 6.54 Å². The lowest BCUT2D eigenvalue weighted by molar-refractivity contribution is -0.146. The molecule has 110 valence electrons. The number of rotatable bonds is 7. The zero-order chi connectivity index (χ0) is 15.0. The van der Waals surface area contributed by atoms with Gasteiger partial charge in [0.25, 0.3) is 0 Å². The predicted molar refractivity (Wildman–Crippen MR) is 67.5 cm³/mol. The van der Waals surface area contributed by atoms with Crippen molar-refractivity contribution in [2.45, 2.75) is 45.4 Å². The fourth-order valence-corrected chi connectivity index (χ4v) is 1.17. The van der Waals surface area contributed by atoms with Crippen molar-refractivity contribution < 1.29 is 24.6 Å². The van der Waals surface area contributed by atoms with Crippen molar-refractivity contribution in [3.05, 3.63) is 0 Å². The average Bonchev–Trinajstić information content (AvgIpc) is 2.27. The summed E-state index contributed by atoms with van der Waals surface area (Å²) in [6.45, 7) is 5.14. The number of aliphatic hydroxyl groups excluding tert-OH is 1. The summed E-state index contributed by atoms with van der Waals surface area (Å²) in [6, 6.07) is -1.32. The van der Waals surface area contributed by atoms with E-state index < -0.39 is 24.1 Å². The van der Waals surface area contributed by atoms with E-state index in [1.165, 1.54) is 6.92 Å². The third-order valence-electron chi connectivity index (χ3n) is 2.16. The molecule has 1 unspecified atom stereocenters. The maximum atomic E-state index is 11.5. The summed E-state index contributed by atoms with van der Waals surface area (Å²) in [5.74, 6) is -1.65. The number of carbonyl (C=O) groups excluding carboxylic acids is 2. The maximum Gasteiger partial charge on any atom is 0.332 e. The predicted octanol–water partition coefficient (Wildman–Crippen LogP) is -0.966. The van der Waals surface area contributed by atoms with Gasteiger partial charge in [0.2, 0.25) is 5.91 Å². The number of carbonyl (C=O) groups is 3. The molecule has 5 N–H and O–H groups in total. The second kappa shape index (κ2) is 8.30. The number of amides is 3. The minimum atomic E-state index is -1.51. The van der Waals surface area contributed by atoms with Gasteiger partial charge in [-0.25, -0.2) is 9.59 Å². The van der Waals surface area contributed by atoms with E-state index >= 15 is 0 Å². The molecule has 3 amide bonds. The topological polar surface area (TPSA) is 128 Å². The first-order valence-electron chi connectivity index (χ1n) is 5.99. The Labute approximate surface area is 111 Å². The van der Waals surface area contributed by atoms with Crippen LogP contribution in [0.1, 0.15) is 27.2 Å². The van der Waals surface area contributed by atoms with Gasteiger partial charge in [-0.1, -0.05) is 0 Å². The van der Waals surface area contributed by atoms with Crippen molar-refractivity contribution >= 4 is 17.9 Å². The molecule has 0 fully saturated rings. The molecule has 0 aliphatic heterocycles. The van der Waals surface area contributed by atoms with E-state index in [1.54, 1.807) is 13.8 Å². The molecule has 0 aromatic carbocycles. The largest absolute Gasteiger partial charge is 0.479 e.